The van der Waals surface area contributed by atoms with Crippen LogP contribution in [-0.2, 0) is 0 Å². The standard InChI is InChI=1S/C21H19N3O2/c1-4-11-26-20-10-9-14(2)12-17(20)21(25)24-23-15(3)19-13-16-7-5-6-8-18(16)22-19/h1,5-10,12-13,22H,11H2,2-3H3,(H,24,25)/b23-15+. The molecule has 3 rings (SSSR count). The van der Waals surface area contributed by atoms with Crippen LogP contribution in [0.1, 0.15) is 28.5 Å². The summed E-state index contributed by atoms with van der Waals surface area (Å²) in [6.07, 6.45) is 5.23. The topological polar surface area (TPSA) is 66.5 Å². The van der Waals surface area contributed by atoms with Crippen LogP contribution in [0.25, 0.3) is 10.9 Å². The molecule has 2 N–H and O–H groups in total. The van der Waals surface area contributed by atoms with Crippen LogP contribution in [0.2, 0.25) is 0 Å². The highest BCUT2D eigenvalue weighted by atomic mass is 16.5. The van der Waals surface area contributed by atoms with Crippen molar-refractivity contribution in [2.75, 3.05) is 6.61 Å². The van der Waals surface area contributed by atoms with Gasteiger partial charge in [-0.2, -0.15) is 5.10 Å². The summed E-state index contributed by atoms with van der Waals surface area (Å²) in [5.74, 6) is 2.48. The van der Waals surface area contributed by atoms with E-state index >= 15 is 0 Å². The summed E-state index contributed by atoms with van der Waals surface area (Å²) in [5.41, 5.74) is 6.47. The number of aryl methyl sites for hydroxylation is 1. The number of carbonyl (C=O) groups excluding carboxylic acids is 1. The largest absolute Gasteiger partial charge is 0.480 e. The van der Waals surface area contributed by atoms with E-state index in [0.29, 0.717) is 17.0 Å². The normalized spacial score (nSPS) is 11.2. The van der Waals surface area contributed by atoms with E-state index in [1.165, 1.54) is 0 Å². The van der Waals surface area contributed by atoms with Gasteiger partial charge in [-0.3, -0.25) is 4.79 Å². The number of ether oxygens (including phenoxy) is 1. The number of nitrogens with zero attached hydrogens (tertiary/aromatic N) is 1. The lowest BCUT2D eigenvalue weighted by Gasteiger charge is -2.09. The zero-order valence-corrected chi connectivity index (χ0v) is 14.7. The van der Waals surface area contributed by atoms with Gasteiger partial charge in [0.15, 0.2) is 0 Å². The number of amides is 1. The predicted octanol–water partition coefficient (Wildman–Crippen LogP) is 3.64. The third-order valence-corrected chi connectivity index (χ3v) is 3.94. The SMILES string of the molecule is C#CCOc1ccc(C)cc1C(=O)N/N=C(\C)c1cc2ccccc2[nH]1. The molecule has 0 radical (unpaired) electrons. The number of aromatic nitrogens is 1. The molecule has 1 amide bonds. The number of nitrogens with one attached hydrogen (secondary N) is 2. The molecule has 5 nitrogen and oxygen atoms in total. The van der Waals surface area contributed by atoms with Crippen molar-refractivity contribution in [2.24, 2.45) is 5.10 Å². The van der Waals surface area contributed by atoms with Crippen molar-refractivity contribution >= 4 is 22.5 Å². The van der Waals surface area contributed by atoms with Crippen molar-refractivity contribution in [3.8, 4) is 18.1 Å². The van der Waals surface area contributed by atoms with Crippen LogP contribution in [-0.4, -0.2) is 23.2 Å². The minimum absolute atomic E-state index is 0.0979. The van der Waals surface area contributed by atoms with E-state index in [9.17, 15) is 4.79 Å². The van der Waals surface area contributed by atoms with Crippen molar-refractivity contribution in [3.63, 3.8) is 0 Å². The van der Waals surface area contributed by atoms with Crippen molar-refractivity contribution < 1.29 is 9.53 Å². The summed E-state index contributed by atoms with van der Waals surface area (Å²) in [6, 6.07) is 15.3. The average Bonchev–Trinajstić information content (AvgIpc) is 3.09. The molecule has 0 saturated heterocycles. The predicted molar refractivity (Wildman–Crippen MR) is 103 cm³/mol. The maximum Gasteiger partial charge on any atom is 0.275 e. The Bertz CT molecular complexity index is 992. The minimum Gasteiger partial charge on any atom is -0.480 e. The van der Waals surface area contributed by atoms with Gasteiger partial charge in [0.25, 0.3) is 5.91 Å². The monoisotopic (exact) mass is 345 g/mol. The third kappa shape index (κ3) is 3.76. The summed E-state index contributed by atoms with van der Waals surface area (Å²) in [4.78, 5) is 15.8. The third-order valence-electron chi connectivity index (χ3n) is 3.94. The summed E-state index contributed by atoms with van der Waals surface area (Å²) >= 11 is 0. The van der Waals surface area contributed by atoms with Crippen LogP contribution in [0.15, 0.2) is 53.6 Å². The van der Waals surface area contributed by atoms with E-state index in [2.05, 4.69) is 21.4 Å². The molecule has 0 spiro atoms. The van der Waals surface area contributed by atoms with Crippen molar-refractivity contribution in [3.05, 3.63) is 65.4 Å². The van der Waals surface area contributed by atoms with Crippen LogP contribution in [0.4, 0.5) is 0 Å². The molecule has 0 bridgehead atoms. The smallest absolute Gasteiger partial charge is 0.275 e. The van der Waals surface area contributed by atoms with Crippen molar-refractivity contribution in [1.29, 1.82) is 0 Å². The molecule has 0 aliphatic rings. The number of hydrogen-bond donors (Lipinski definition) is 2. The van der Waals surface area contributed by atoms with Gasteiger partial charge in [-0.1, -0.05) is 35.7 Å². The minimum atomic E-state index is -0.351. The lowest BCUT2D eigenvalue weighted by atomic mass is 10.1. The summed E-state index contributed by atoms with van der Waals surface area (Å²) in [6.45, 7) is 3.83. The molecule has 0 atom stereocenters. The fourth-order valence-corrected chi connectivity index (χ4v) is 2.59. The number of rotatable bonds is 5. The number of aromatic amines is 1. The highest BCUT2D eigenvalue weighted by Crippen LogP contribution is 2.20. The maximum atomic E-state index is 12.5. The number of terminal acetylenes is 1. The average molecular weight is 345 g/mol. The molecule has 0 fully saturated rings. The molecule has 3 aromatic rings. The second-order valence-corrected chi connectivity index (χ2v) is 5.90. The molecule has 130 valence electrons. The van der Waals surface area contributed by atoms with Crippen LogP contribution in [0, 0.1) is 19.3 Å². The quantitative estimate of drug-likeness (QED) is 0.421. The zero-order valence-electron chi connectivity index (χ0n) is 14.7. The molecule has 2 aromatic carbocycles. The second kappa shape index (κ2) is 7.58. The summed E-state index contributed by atoms with van der Waals surface area (Å²) < 4.78 is 5.44. The van der Waals surface area contributed by atoms with E-state index in [4.69, 9.17) is 11.2 Å². The number of para-hydroxylation sites is 1. The van der Waals surface area contributed by atoms with Crippen LogP contribution < -0.4 is 10.2 Å². The van der Waals surface area contributed by atoms with Crippen LogP contribution >= 0.6 is 0 Å². The first-order chi connectivity index (χ1) is 12.6. The Morgan fingerprint density at radius 1 is 1.27 bits per heavy atom. The number of benzene rings is 2. The molecule has 0 aliphatic carbocycles. The highest BCUT2D eigenvalue weighted by molar-refractivity contribution is 6.03. The molecule has 26 heavy (non-hydrogen) atoms. The van der Waals surface area contributed by atoms with Gasteiger partial charge < -0.3 is 9.72 Å². The number of fused-ring (bicyclic) bond motifs is 1. The van der Waals surface area contributed by atoms with E-state index in [1.807, 2.05) is 50.2 Å². The van der Waals surface area contributed by atoms with Crippen molar-refractivity contribution in [2.45, 2.75) is 13.8 Å². The molecular formula is C21H19N3O2. The van der Waals surface area contributed by atoms with Gasteiger partial charge in [-0.05, 0) is 38.1 Å². The zero-order chi connectivity index (χ0) is 18.5. The van der Waals surface area contributed by atoms with Gasteiger partial charge in [0, 0.05) is 10.9 Å². The van der Waals surface area contributed by atoms with Crippen LogP contribution in [0.3, 0.4) is 0 Å². The van der Waals surface area contributed by atoms with Gasteiger partial charge in [0.05, 0.1) is 17.0 Å². The number of hydrazone groups is 1. The Kier molecular flexibility index (Phi) is 5.04. The lowest BCUT2D eigenvalue weighted by Crippen LogP contribution is -2.20. The lowest BCUT2D eigenvalue weighted by molar-refractivity contribution is 0.0951. The fourth-order valence-electron chi connectivity index (χ4n) is 2.59. The second-order valence-electron chi connectivity index (χ2n) is 5.90. The van der Waals surface area contributed by atoms with Crippen LogP contribution in [0.5, 0.6) is 5.75 Å². The van der Waals surface area contributed by atoms with E-state index in [1.54, 1.807) is 12.1 Å². The Morgan fingerprint density at radius 3 is 2.85 bits per heavy atom. The number of carbonyl (C=O) groups is 1. The molecule has 5 heteroatoms. The molecule has 0 saturated carbocycles. The molecule has 1 heterocycles. The van der Waals surface area contributed by atoms with Gasteiger partial charge in [-0.25, -0.2) is 5.43 Å². The van der Waals surface area contributed by atoms with Gasteiger partial charge >= 0.3 is 0 Å². The Hall–Kier alpha value is -3.52. The first kappa shape index (κ1) is 17.3. The molecule has 1 aromatic heterocycles. The van der Waals surface area contributed by atoms with E-state index in [-0.39, 0.29) is 12.5 Å². The maximum absolute atomic E-state index is 12.5. The molecule has 0 aliphatic heterocycles. The van der Waals surface area contributed by atoms with E-state index in [0.717, 1.165) is 22.2 Å². The van der Waals surface area contributed by atoms with E-state index < -0.39 is 0 Å². The molecule has 0 unspecified atom stereocenters. The highest BCUT2D eigenvalue weighted by Gasteiger charge is 2.13. The first-order valence-corrected chi connectivity index (χ1v) is 8.18. The van der Waals surface area contributed by atoms with Gasteiger partial charge in [-0.15, -0.1) is 6.42 Å². The number of hydrogen-bond acceptors (Lipinski definition) is 3. The summed E-state index contributed by atoms with van der Waals surface area (Å²) in [5, 5.41) is 5.30. The van der Waals surface area contributed by atoms with Gasteiger partial charge in [0.2, 0.25) is 0 Å². The number of H-pyrrole nitrogens is 1. The summed E-state index contributed by atoms with van der Waals surface area (Å²) in [7, 11) is 0. The van der Waals surface area contributed by atoms with Gasteiger partial charge in [0.1, 0.15) is 12.4 Å². The Morgan fingerprint density at radius 2 is 2.08 bits per heavy atom. The first-order valence-electron chi connectivity index (χ1n) is 8.18. The Balaban J connectivity index is 1.80. The molecular weight excluding hydrogens is 326 g/mol. The van der Waals surface area contributed by atoms with Crippen molar-refractivity contribution in [1.82, 2.24) is 10.4 Å². The fraction of sp³-hybridized carbons (Fsp3) is 0.143. The Labute approximate surface area is 152 Å².